The molecule has 0 aliphatic heterocycles. The molecule has 4 rings (SSSR count). The molecule has 4 aliphatic carbocycles. The number of rotatable bonds is 1. The average molecular weight is 300 g/mol. The largest absolute Gasteiger partial charge is 0.300 e. The summed E-state index contributed by atoms with van der Waals surface area (Å²) in [5.74, 6) is 3.43. The van der Waals surface area contributed by atoms with Crippen LogP contribution in [-0.4, -0.2) is 5.78 Å². The Balaban J connectivity index is 1.68. The molecule has 0 heterocycles. The number of allylic oxidation sites excluding steroid dienone is 2. The summed E-state index contributed by atoms with van der Waals surface area (Å²) >= 11 is 0. The Hall–Kier alpha value is -0.590. The van der Waals surface area contributed by atoms with Crippen molar-refractivity contribution in [3.8, 4) is 0 Å². The van der Waals surface area contributed by atoms with Crippen molar-refractivity contribution in [2.75, 3.05) is 0 Å². The van der Waals surface area contributed by atoms with Gasteiger partial charge < -0.3 is 0 Å². The molecule has 22 heavy (non-hydrogen) atoms. The highest BCUT2D eigenvalue weighted by Crippen LogP contribution is 2.67. The fourth-order valence-electron chi connectivity index (χ4n) is 7.60. The van der Waals surface area contributed by atoms with E-state index in [1.165, 1.54) is 44.9 Å². The first-order chi connectivity index (χ1) is 10.4. The number of carbonyl (C=O) groups excluding carboxylic acids is 1. The minimum atomic E-state index is 0.318. The Kier molecular flexibility index (Phi) is 3.20. The van der Waals surface area contributed by atoms with E-state index in [4.69, 9.17) is 0 Å². The average Bonchev–Trinajstić information content (AvgIpc) is 2.96. The third-order valence-electron chi connectivity index (χ3n) is 8.70. The van der Waals surface area contributed by atoms with Crippen LogP contribution >= 0.6 is 0 Å². The van der Waals surface area contributed by atoms with Gasteiger partial charge in [-0.2, -0.15) is 0 Å². The summed E-state index contributed by atoms with van der Waals surface area (Å²) in [6.07, 6.45) is 10.6. The fourth-order valence-corrected chi connectivity index (χ4v) is 7.60. The lowest BCUT2D eigenvalue weighted by molar-refractivity contribution is -0.127. The molecule has 0 saturated heterocycles. The van der Waals surface area contributed by atoms with Crippen LogP contribution < -0.4 is 0 Å². The fraction of sp³-hybridized carbons (Fsp3) is 0.857. The maximum atomic E-state index is 12.1. The molecular weight excluding hydrogens is 268 g/mol. The Morgan fingerprint density at radius 3 is 2.50 bits per heavy atom. The standard InChI is InChI=1S/C21H32O/c1-13-9-11-20(3)16(13)6-5-15-18-8-7-17(14(2)22)21(18,4)12-10-19(15)20/h15,17-19H,5-12H2,1-4H3. The third-order valence-corrected chi connectivity index (χ3v) is 8.70. The lowest BCUT2D eigenvalue weighted by atomic mass is 9.48. The monoisotopic (exact) mass is 300 g/mol. The zero-order valence-electron chi connectivity index (χ0n) is 14.9. The Morgan fingerprint density at radius 1 is 1.00 bits per heavy atom. The van der Waals surface area contributed by atoms with E-state index in [1.54, 1.807) is 5.57 Å². The predicted molar refractivity (Wildman–Crippen MR) is 90.5 cm³/mol. The van der Waals surface area contributed by atoms with Crippen molar-refractivity contribution < 1.29 is 4.79 Å². The van der Waals surface area contributed by atoms with Crippen molar-refractivity contribution >= 4 is 5.78 Å². The molecule has 1 nitrogen and oxygen atoms in total. The zero-order valence-corrected chi connectivity index (χ0v) is 14.9. The number of ketones is 1. The van der Waals surface area contributed by atoms with E-state index < -0.39 is 0 Å². The van der Waals surface area contributed by atoms with Gasteiger partial charge >= 0.3 is 0 Å². The molecule has 3 fully saturated rings. The van der Waals surface area contributed by atoms with E-state index in [9.17, 15) is 4.79 Å². The van der Waals surface area contributed by atoms with Crippen molar-refractivity contribution in [2.24, 2.45) is 34.5 Å². The van der Waals surface area contributed by atoms with E-state index in [0.717, 1.165) is 24.2 Å². The number of carbonyl (C=O) groups is 1. The van der Waals surface area contributed by atoms with E-state index in [1.807, 2.05) is 12.5 Å². The molecule has 4 aliphatic rings. The van der Waals surface area contributed by atoms with E-state index in [0.29, 0.717) is 22.5 Å². The van der Waals surface area contributed by atoms with Crippen LogP contribution in [0.5, 0.6) is 0 Å². The quantitative estimate of drug-likeness (QED) is 0.581. The zero-order chi connectivity index (χ0) is 15.7. The number of hydrogen-bond acceptors (Lipinski definition) is 1. The second-order valence-electron chi connectivity index (χ2n) is 9.38. The molecule has 0 spiro atoms. The Morgan fingerprint density at radius 2 is 1.77 bits per heavy atom. The van der Waals surface area contributed by atoms with Crippen LogP contribution in [0.25, 0.3) is 0 Å². The molecule has 1 heteroatoms. The first-order valence-corrected chi connectivity index (χ1v) is 9.57. The number of fused-ring (bicyclic) bond motifs is 5. The van der Waals surface area contributed by atoms with Gasteiger partial charge in [0.05, 0.1) is 0 Å². The smallest absolute Gasteiger partial charge is 0.133 e. The molecule has 0 aromatic heterocycles. The van der Waals surface area contributed by atoms with E-state index in [2.05, 4.69) is 20.8 Å². The van der Waals surface area contributed by atoms with Crippen LogP contribution in [0.15, 0.2) is 11.1 Å². The highest BCUT2D eigenvalue weighted by Gasteiger charge is 2.59. The molecule has 0 aromatic rings. The van der Waals surface area contributed by atoms with Crippen LogP contribution in [0.1, 0.15) is 79.1 Å². The van der Waals surface area contributed by atoms with Gasteiger partial charge in [0.1, 0.15) is 5.78 Å². The minimum absolute atomic E-state index is 0.318. The first kappa shape index (κ1) is 15.0. The number of Topliss-reactive ketones (excluding diaryl/α,β-unsaturated/α-hetero) is 1. The van der Waals surface area contributed by atoms with Gasteiger partial charge in [-0.25, -0.2) is 0 Å². The maximum absolute atomic E-state index is 12.1. The van der Waals surface area contributed by atoms with Gasteiger partial charge in [-0.3, -0.25) is 4.79 Å². The summed E-state index contributed by atoms with van der Waals surface area (Å²) in [4.78, 5) is 12.1. The van der Waals surface area contributed by atoms with Crippen LogP contribution in [-0.2, 0) is 4.79 Å². The molecule has 0 aromatic carbocycles. The van der Waals surface area contributed by atoms with Gasteiger partial charge in [-0.15, -0.1) is 0 Å². The lowest BCUT2D eigenvalue weighted by Crippen LogP contribution is -2.49. The molecule has 0 N–H and O–H groups in total. The summed E-state index contributed by atoms with van der Waals surface area (Å²) in [5, 5.41) is 0. The Labute approximate surface area is 135 Å². The van der Waals surface area contributed by atoms with Gasteiger partial charge in [0.15, 0.2) is 0 Å². The third kappa shape index (κ3) is 1.74. The molecule has 6 atom stereocenters. The van der Waals surface area contributed by atoms with Crippen molar-refractivity contribution in [1.29, 1.82) is 0 Å². The van der Waals surface area contributed by atoms with Gasteiger partial charge in [0.25, 0.3) is 0 Å². The second-order valence-corrected chi connectivity index (χ2v) is 9.38. The van der Waals surface area contributed by atoms with Crippen LogP contribution in [0.4, 0.5) is 0 Å². The summed E-state index contributed by atoms with van der Waals surface area (Å²) in [6, 6.07) is 0. The van der Waals surface area contributed by atoms with Crippen molar-refractivity contribution in [3.05, 3.63) is 11.1 Å². The minimum Gasteiger partial charge on any atom is -0.300 e. The van der Waals surface area contributed by atoms with Gasteiger partial charge in [0, 0.05) is 5.92 Å². The predicted octanol–water partition coefficient (Wildman–Crippen LogP) is 5.54. The van der Waals surface area contributed by atoms with E-state index >= 15 is 0 Å². The Bertz CT molecular complexity index is 544. The second kappa shape index (κ2) is 4.71. The molecule has 0 bridgehead atoms. The topological polar surface area (TPSA) is 17.1 Å². The van der Waals surface area contributed by atoms with Gasteiger partial charge in [-0.05, 0) is 93.8 Å². The first-order valence-electron chi connectivity index (χ1n) is 9.57. The van der Waals surface area contributed by atoms with Crippen LogP contribution in [0, 0.1) is 34.5 Å². The summed E-state index contributed by atoms with van der Waals surface area (Å²) in [6.45, 7) is 9.26. The van der Waals surface area contributed by atoms with Crippen molar-refractivity contribution in [2.45, 2.75) is 79.1 Å². The summed E-state index contributed by atoms with van der Waals surface area (Å²) < 4.78 is 0. The van der Waals surface area contributed by atoms with Crippen LogP contribution in [0.3, 0.4) is 0 Å². The molecule has 0 amide bonds. The van der Waals surface area contributed by atoms with Gasteiger partial charge in [0.2, 0.25) is 0 Å². The van der Waals surface area contributed by atoms with E-state index in [-0.39, 0.29) is 0 Å². The summed E-state index contributed by atoms with van der Waals surface area (Å²) in [5.41, 5.74) is 4.36. The molecule has 0 radical (unpaired) electrons. The number of hydrogen-bond donors (Lipinski definition) is 0. The highest BCUT2D eigenvalue weighted by molar-refractivity contribution is 5.79. The highest BCUT2D eigenvalue weighted by atomic mass is 16.1. The molecule has 122 valence electrons. The normalized spacial score (nSPS) is 50.5. The molecule has 6 unspecified atom stereocenters. The van der Waals surface area contributed by atoms with Crippen molar-refractivity contribution in [3.63, 3.8) is 0 Å². The lowest BCUT2D eigenvalue weighted by Gasteiger charge is -2.56. The molecule has 3 saturated carbocycles. The SMILES string of the molecule is CC(=O)C1CCC2C3CCC4=C(C)CCC4(C)C3CCC12C. The van der Waals surface area contributed by atoms with Crippen molar-refractivity contribution in [1.82, 2.24) is 0 Å². The van der Waals surface area contributed by atoms with Crippen LogP contribution in [0.2, 0.25) is 0 Å². The van der Waals surface area contributed by atoms with Gasteiger partial charge in [-0.1, -0.05) is 25.0 Å². The summed E-state index contributed by atoms with van der Waals surface area (Å²) in [7, 11) is 0. The molecular formula is C21H32O. The maximum Gasteiger partial charge on any atom is 0.133 e.